The fraction of sp³-hybridized carbons (Fsp3) is 0.769. The second-order valence-corrected chi connectivity index (χ2v) is 5.04. The van der Waals surface area contributed by atoms with E-state index in [0.29, 0.717) is 12.1 Å². The molecule has 0 bridgehead atoms. The van der Waals surface area contributed by atoms with Gasteiger partial charge in [-0.2, -0.15) is 5.10 Å². The Hall–Kier alpha value is -1.23. The van der Waals surface area contributed by atoms with Crippen molar-refractivity contribution in [1.82, 2.24) is 15.2 Å². The molecule has 1 aliphatic heterocycles. The highest BCUT2D eigenvalue weighted by molar-refractivity contribution is 5.33. The Morgan fingerprint density at radius 2 is 1.94 bits per heavy atom. The monoisotopic (exact) mass is 249 g/mol. The third-order valence-corrected chi connectivity index (χ3v) is 3.67. The molecule has 100 valence electrons. The van der Waals surface area contributed by atoms with Crippen LogP contribution in [-0.2, 0) is 12.8 Å². The highest BCUT2D eigenvalue weighted by Gasteiger charge is 2.25. The first kappa shape index (κ1) is 13.2. The molecule has 2 atom stereocenters. The van der Waals surface area contributed by atoms with Gasteiger partial charge in [0.25, 0.3) is 0 Å². The van der Waals surface area contributed by atoms with E-state index >= 15 is 0 Å². The summed E-state index contributed by atoms with van der Waals surface area (Å²) in [6.45, 7) is 7.32. The van der Waals surface area contributed by atoms with Crippen LogP contribution in [0.25, 0.3) is 0 Å². The Kier molecular flexibility index (Phi) is 4.11. The van der Waals surface area contributed by atoms with Crippen molar-refractivity contribution < 1.29 is 0 Å². The molecule has 5 nitrogen and oxygen atoms in total. The van der Waals surface area contributed by atoms with E-state index in [4.69, 9.17) is 5.73 Å². The molecule has 2 heterocycles. The van der Waals surface area contributed by atoms with Gasteiger partial charge in [-0.05, 0) is 32.6 Å². The van der Waals surface area contributed by atoms with E-state index in [9.17, 15) is 0 Å². The molecule has 1 aliphatic rings. The summed E-state index contributed by atoms with van der Waals surface area (Å²) in [5.74, 6) is 0.767. The molecule has 0 radical (unpaired) electrons. The molecule has 2 unspecified atom stereocenters. The predicted molar refractivity (Wildman–Crippen MR) is 72.6 cm³/mol. The molecule has 2 N–H and O–H groups in total. The number of aromatic nitrogens is 3. The summed E-state index contributed by atoms with van der Waals surface area (Å²) in [5, 5.41) is 8.59. The van der Waals surface area contributed by atoms with E-state index in [0.717, 1.165) is 49.6 Å². The quantitative estimate of drug-likeness (QED) is 0.875. The number of rotatable bonds is 3. The van der Waals surface area contributed by atoms with Crippen molar-refractivity contribution >= 4 is 5.95 Å². The minimum atomic E-state index is 0.310. The second-order valence-electron chi connectivity index (χ2n) is 5.04. The van der Waals surface area contributed by atoms with Crippen LogP contribution in [0.4, 0.5) is 5.95 Å². The lowest BCUT2D eigenvalue weighted by Crippen LogP contribution is -2.46. The average molecular weight is 249 g/mol. The molecular weight excluding hydrogens is 226 g/mol. The number of nitrogens with zero attached hydrogens (tertiary/aromatic N) is 4. The summed E-state index contributed by atoms with van der Waals surface area (Å²) in [4.78, 5) is 6.90. The zero-order chi connectivity index (χ0) is 13.1. The van der Waals surface area contributed by atoms with Crippen LogP contribution in [0.15, 0.2) is 0 Å². The summed E-state index contributed by atoms with van der Waals surface area (Å²) in [7, 11) is 0. The van der Waals surface area contributed by atoms with Crippen molar-refractivity contribution in [3.63, 3.8) is 0 Å². The highest BCUT2D eigenvalue weighted by Crippen LogP contribution is 2.21. The predicted octanol–water partition coefficient (Wildman–Crippen LogP) is 1.31. The maximum absolute atomic E-state index is 5.98. The average Bonchev–Trinajstić information content (AvgIpc) is 2.38. The van der Waals surface area contributed by atoms with Crippen LogP contribution < -0.4 is 10.6 Å². The van der Waals surface area contributed by atoms with E-state index in [1.807, 2.05) is 0 Å². The van der Waals surface area contributed by atoms with Gasteiger partial charge in [-0.3, -0.25) is 0 Å². The lowest BCUT2D eigenvalue weighted by Gasteiger charge is -2.36. The van der Waals surface area contributed by atoms with Gasteiger partial charge in [-0.15, -0.1) is 5.10 Å². The van der Waals surface area contributed by atoms with Gasteiger partial charge < -0.3 is 10.6 Å². The summed E-state index contributed by atoms with van der Waals surface area (Å²) in [6.07, 6.45) is 3.81. The third-order valence-electron chi connectivity index (χ3n) is 3.67. The van der Waals surface area contributed by atoms with Crippen LogP contribution in [0.3, 0.4) is 0 Å². The number of hydrogen-bond acceptors (Lipinski definition) is 5. The van der Waals surface area contributed by atoms with Crippen LogP contribution in [0.1, 0.15) is 45.0 Å². The number of piperidine rings is 1. The summed E-state index contributed by atoms with van der Waals surface area (Å²) in [5.41, 5.74) is 8.07. The van der Waals surface area contributed by atoms with Crippen molar-refractivity contribution in [2.24, 2.45) is 5.73 Å². The normalized spacial score (nSPS) is 24.3. The van der Waals surface area contributed by atoms with Gasteiger partial charge in [0.05, 0.1) is 11.4 Å². The fourth-order valence-electron chi connectivity index (χ4n) is 2.56. The number of aryl methyl sites for hydroxylation is 2. The molecule has 2 rings (SSSR count). The van der Waals surface area contributed by atoms with Gasteiger partial charge in [0.15, 0.2) is 0 Å². The smallest absolute Gasteiger partial charge is 0.245 e. The van der Waals surface area contributed by atoms with E-state index in [-0.39, 0.29) is 0 Å². The van der Waals surface area contributed by atoms with Crippen LogP contribution in [0.5, 0.6) is 0 Å². The van der Waals surface area contributed by atoms with Crippen LogP contribution in [-0.4, -0.2) is 33.8 Å². The largest absolute Gasteiger partial charge is 0.337 e. The summed E-state index contributed by atoms with van der Waals surface area (Å²) in [6, 6.07) is 0.706. The maximum atomic E-state index is 5.98. The van der Waals surface area contributed by atoms with Crippen molar-refractivity contribution in [2.45, 2.75) is 58.5 Å². The van der Waals surface area contributed by atoms with Gasteiger partial charge >= 0.3 is 0 Å². The lowest BCUT2D eigenvalue weighted by molar-refractivity contribution is 0.422. The molecule has 0 saturated carbocycles. The molecule has 1 fully saturated rings. The Morgan fingerprint density at radius 1 is 1.22 bits per heavy atom. The van der Waals surface area contributed by atoms with Gasteiger partial charge in [-0.25, -0.2) is 4.98 Å². The Labute approximate surface area is 109 Å². The van der Waals surface area contributed by atoms with Gasteiger partial charge in [0.1, 0.15) is 0 Å². The molecule has 0 amide bonds. The molecular formula is C13H23N5. The lowest BCUT2D eigenvalue weighted by atomic mass is 10.00. The van der Waals surface area contributed by atoms with Gasteiger partial charge in [-0.1, -0.05) is 13.8 Å². The molecule has 0 spiro atoms. The number of anilines is 1. The Bertz CT molecular complexity index is 406. The van der Waals surface area contributed by atoms with E-state index in [2.05, 4.69) is 40.9 Å². The Morgan fingerprint density at radius 3 is 2.56 bits per heavy atom. The second kappa shape index (κ2) is 5.61. The first-order valence-corrected chi connectivity index (χ1v) is 6.90. The SMILES string of the molecule is CCc1nnc(N2CCC(N)CC2C)nc1CC. The zero-order valence-electron chi connectivity index (χ0n) is 11.6. The van der Waals surface area contributed by atoms with Crippen molar-refractivity contribution in [3.05, 3.63) is 11.4 Å². The summed E-state index contributed by atoms with van der Waals surface area (Å²) < 4.78 is 0. The molecule has 1 aromatic heterocycles. The van der Waals surface area contributed by atoms with E-state index in [1.54, 1.807) is 0 Å². The zero-order valence-corrected chi connectivity index (χ0v) is 11.6. The van der Waals surface area contributed by atoms with Crippen molar-refractivity contribution in [3.8, 4) is 0 Å². The molecule has 0 aliphatic carbocycles. The van der Waals surface area contributed by atoms with E-state index in [1.165, 1.54) is 0 Å². The molecule has 18 heavy (non-hydrogen) atoms. The van der Waals surface area contributed by atoms with Crippen LogP contribution >= 0.6 is 0 Å². The first-order chi connectivity index (χ1) is 8.65. The van der Waals surface area contributed by atoms with Crippen molar-refractivity contribution in [1.29, 1.82) is 0 Å². The van der Waals surface area contributed by atoms with Crippen LogP contribution in [0, 0.1) is 0 Å². The summed E-state index contributed by atoms with van der Waals surface area (Å²) >= 11 is 0. The minimum absolute atomic E-state index is 0.310. The maximum Gasteiger partial charge on any atom is 0.245 e. The van der Waals surface area contributed by atoms with Crippen molar-refractivity contribution in [2.75, 3.05) is 11.4 Å². The number of hydrogen-bond donors (Lipinski definition) is 1. The number of nitrogens with two attached hydrogens (primary N) is 1. The van der Waals surface area contributed by atoms with Crippen LogP contribution in [0.2, 0.25) is 0 Å². The van der Waals surface area contributed by atoms with E-state index < -0.39 is 0 Å². The first-order valence-electron chi connectivity index (χ1n) is 6.90. The third kappa shape index (κ3) is 2.61. The molecule has 1 saturated heterocycles. The standard InChI is InChI=1S/C13H23N5/c1-4-11-12(5-2)16-17-13(15-11)18-7-6-10(14)8-9(18)3/h9-10H,4-8,14H2,1-3H3. The fourth-order valence-corrected chi connectivity index (χ4v) is 2.56. The Balaban J connectivity index is 2.23. The molecule has 5 heteroatoms. The van der Waals surface area contributed by atoms with Gasteiger partial charge in [0.2, 0.25) is 5.95 Å². The highest BCUT2D eigenvalue weighted by atomic mass is 15.3. The topological polar surface area (TPSA) is 67.9 Å². The molecule has 1 aromatic rings. The van der Waals surface area contributed by atoms with Gasteiger partial charge in [0, 0.05) is 18.6 Å². The minimum Gasteiger partial charge on any atom is -0.337 e. The molecule has 0 aromatic carbocycles.